The molecule has 4 heteroatoms. The number of nitrogen functional groups attached to an aromatic ring is 1. The lowest BCUT2D eigenvalue weighted by Gasteiger charge is -2.10. The molecule has 0 aliphatic heterocycles. The summed E-state index contributed by atoms with van der Waals surface area (Å²) in [5.41, 5.74) is 9.11. The maximum Gasteiger partial charge on any atom is 0.161 e. The summed E-state index contributed by atoms with van der Waals surface area (Å²) < 4.78 is 10.5. The monoisotopic (exact) mass is 244 g/mol. The predicted octanol–water partition coefficient (Wildman–Crippen LogP) is 2.66. The summed E-state index contributed by atoms with van der Waals surface area (Å²) in [5, 5.41) is 0. The molecule has 18 heavy (non-hydrogen) atoms. The number of ether oxygens (including phenoxy) is 2. The lowest BCUT2D eigenvalue weighted by molar-refractivity contribution is 0.355. The van der Waals surface area contributed by atoms with Gasteiger partial charge in [-0.1, -0.05) is 0 Å². The fourth-order valence-corrected chi connectivity index (χ4v) is 1.73. The molecule has 1 aromatic carbocycles. The Morgan fingerprint density at radius 3 is 2.33 bits per heavy atom. The third kappa shape index (κ3) is 2.22. The molecular weight excluding hydrogens is 228 g/mol. The first-order chi connectivity index (χ1) is 8.65. The molecule has 0 radical (unpaired) electrons. The standard InChI is InChI=1S/C14H16N2O2/c1-9-11(15)5-6-12(16-9)10-4-7-13(17-2)14(8-10)18-3/h4-8H,15H2,1-3H3. The minimum absolute atomic E-state index is 0.686. The van der Waals surface area contributed by atoms with Crippen molar-refractivity contribution >= 4 is 5.69 Å². The zero-order chi connectivity index (χ0) is 13.1. The van der Waals surface area contributed by atoms with Gasteiger partial charge in [0.1, 0.15) is 0 Å². The van der Waals surface area contributed by atoms with E-state index in [4.69, 9.17) is 15.2 Å². The van der Waals surface area contributed by atoms with E-state index in [0.29, 0.717) is 17.2 Å². The molecule has 0 saturated carbocycles. The number of aryl methyl sites for hydroxylation is 1. The number of nitrogens with two attached hydrogens (primary N) is 1. The van der Waals surface area contributed by atoms with Crippen molar-refractivity contribution in [2.24, 2.45) is 0 Å². The number of nitrogens with zero attached hydrogens (tertiary/aromatic N) is 1. The molecule has 2 N–H and O–H groups in total. The third-order valence-electron chi connectivity index (χ3n) is 2.81. The Balaban J connectivity index is 2.47. The van der Waals surface area contributed by atoms with E-state index in [2.05, 4.69) is 4.98 Å². The molecule has 0 bridgehead atoms. The lowest BCUT2D eigenvalue weighted by Crippen LogP contribution is -1.95. The van der Waals surface area contributed by atoms with Gasteiger partial charge in [-0.3, -0.25) is 4.98 Å². The van der Waals surface area contributed by atoms with Crippen LogP contribution in [0, 0.1) is 6.92 Å². The molecule has 0 spiro atoms. The number of methoxy groups -OCH3 is 2. The van der Waals surface area contributed by atoms with Gasteiger partial charge in [-0.05, 0) is 37.3 Å². The maximum atomic E-state index is 5.76. The Morgan fingerprint density at radius 2 is 1.72 bits per heavy atom. The number of benzene rings is 1. The fraction of sp³-hybridized carbons (Fsp3) is 0.214. The second-order valence-corrected chi connectivity index (χ2v) is 3.94. The summed E-state index contributed by atoms with van der Waals surface area (Å²) in [6.45, 7) is 1.89. The molecule has 0 aliphatic carbocycles. The summed E-state index contributed by atoms with van der Waals surface area (Å²) in [4.78, 5) is 4.45. The summed E-state index contributed by atoms with van der Waals surface area (Å²) >= 11 is 0. The number of aromatic nitrogens is 1. The average Bonchev–Trinajstić information content (AvgIpc) is 2.41. The van der Waals surface area contributed by atoms with E-state index < -0.39 is 0 Å². The molecule has 0 fully saturated rings. The Morgan fingerprint density at radius 1 is 1.00 bits per heavy atom. The minimum Gasteiger partial charge on any atom is -0.493 e. The highest BCUT2D eigenvalue weighted by Crippen LogP contribution is 2.31. The molecule has 0 saturated heterocycles. The molecule has 0 amide bonds. The molecular formula is C14H16N2O2. The predicted molar refractivity (Wildman–Crippen MR) is 71.9 cm³/mol. The van der Waals surface area contributed by atoms with Gasteiger partial charge in [0.05, 0.1) is 31.3 Å². The number of hydrogen-bond donors (Lipinski definition) is 1. The summed E-state index contributed by atoms with van der Waals surface area (Å²) in [6, 6.07) is 9.45. The van der Waals surface area contributed by atoms with Crippen LogP contribution in [-0.4, -0.2) is 19.2 Å². The van der Waals surface area contributed by atoms with E-state index in [1.807, 2.05) is 37.3 Å². The first-order valence-corrected chi connectivity index (χ1v) is 5.61. The summed E-state index contributed by atoms with van der Waals surface area (Å²) in [6.07, 6.45) is 0. The van der Waals surface area contributed by atoms with Gasteiger partial charge in [0.25, 0.3) is 0 Å². The van der Waals surface area contributed by atoms with E-state index in [1.165, 1.54) is 0 Å². The SMILES string of the molecule is COc1ccc(-c2ccc(N)c(C)n2)cc1OC. The maximum absolute atomic E-state index is 5.76. The van der Waals surface area contributed by atoms with E-state index >= 15 is 0 Å². The van der Waals surface area contributed by atoms with Crippen molar-refractivity contribution < 1.29 is 9.47 Å². The van der Waals surface area contributed by atoms with Gasteiger partial charge in [-0.25, -0.2) is 0 Å². The molecule has 0 unspecified atom stereocenters. The van der Waals surface area contributed by atoms with Gasteiger partial charge < -0.3 is 15.2 Å². The van der Waals surface area contributed by atoms with Crippen LogP contribution in [0.15, 0.2) is 30.3 Å². The zero-order valence-corrected chi connectivity index (χ0v) is 10.7. The number of rotatable bonds is 3. The van der Waals surface area contributed by atoms with Crippen molar-refractivity contribution in [2.45, 2.75) is 6.92 Å². The van der Waals surface area contributed by atoms with Crippen LogP contribution in [0.3, 0.4) is 0 Å². The van der Waals surface area contributed by atoms with Gasteiger partial charge in [0, 0.05) is 5.56 Å². The van der Waals surface area contributed by atoms with Crippen LogP contribution in [-0.2, 0) is 0 Å². The summed E-state index contributed by atoms with van der Waals surface area (Å²) in [5.74, 6) is 1.39. The number of hydrogen-bond acceptors (Lipinski definition) is 4. The number of anilines is 1. The second kappa shape index (κ2) is 4.96. The van der Waals surface area contributed by atoms with E-state index in [-0.39, 0.29) is 0 Å². The largest absolute Gasteiger partial charge is 0.493 e. The molecule has 4 nitrogen and oxygen atoms in total. The van der Waals surface area contributed by atoms with Crippen molar-refractivity contribution in [3.63, 3.8) is 0 Å². The van der Waals surface area contributed by atoms with Gasteiger partial charge in [0.15, 0.2) is 11.5 Å². The lowest BCUT2D eigenvalue weighted by atomic mass is 10.1. The smallest absolute Gasteiger partial charge is 0.161 e. The minimum atomic E-state index is 0.686. The van der Waals surface area contributed by atoms with Gasteiger partial charge in [0.2, 0.25) is 0 Å². The van der Waals surface area contributed by atoms with Crippen LogP contribution in [0.1, 0.15) is 5.69 Å². The zero-order valence-electron chi connectivity index (χ0n) is 10.7. The van der Waals surface area contributed by atoms with Crippen LogP contribution in [0.2, 0.25) is 0 Å². The Bertz CT molecular complexity index is 568. The van der Waals surface area contributed by atoms with Crippen LogP contribution in [0.25, 0.3) is 11.3 Å². The van der Waals surface area contributed by atoms with Crippen LogP contribution in [0.5, 0.6) is 11.5 Å². The van der Waals surface area contributed by atoms with E-state index in [9.17, 15) is 0 Å². The first-order valence-electron chi connectivity index (χ1n) is 5.61. The van der Waals surface area contributed by atoms with Gasteiger partial charge >= 0.3 is 0 Å². The molecule has 1 heterocycles. The number of pyridine rings is 1. The fourth-order valence-electron chi connectivity index (χ4n) is 1.73. The normalized spacial score (nSPS) is 10.2. The highest BCUT2D eigenvalue weighted by Gasteiger charge is 2.07. The topological polar surface area (TPSA) is 57.4 Å². The van der Waals surface area contributed by atoms with Crippen molar-refractivity contribution in [1.82, 2.24) is 4.98 Å². The Hall–Kier alpha value is -2.23. The van der Waals surface area contributed by atoms with Crippen LogP contribution >= 0.6 is 0 Å². The van der Waals surface area contributed by atoms with Crippen molar-refractivity contribution in [3.05, 3.63) is 36.0 Å². The Labute approximate surface area is 106 Å². The van der Waals surface area contributed by atoms with Crippen molar-refractivity contribution in [2.75, 3.05) is 20.0 Å². The average molecular weight is 244 g/mol. The molecule has 2 rings (SSSR count). The quantitative estimate of drug-likeness (QED) is 0.901. The van der Waals surface area contributed by atoms with E-state index in [1.54, 1.807) is 14.2 Å². The van der Waals surface area contributed by atoms with Crippen molar-refractivity contribution in [1.29, 1.82) is 0 Å². The van der Waals surface area contributed by atoms with Gasteiger partial charge in [-0.2, -0.15) is 0 Å². The third-order valence-corrected chi connectivity index (χ3v) is 2.81. The second-order valence-electron chi connectivity index (χ2n) is 3.94. The molecule has 0 atom stereocenters. The van der Waals surface area contributed by atoms with E-state index in [0.717, 1.165) is 17.0 Å². The first kappa shape index (κ1) is 12.2. The molecule has 2 aromatic rings. The van der Waals surface area contributed by atoms with Crippen molar-refractivity contribution in [3.8, 4) is 22.8 Å². The highest BCUT2D eigenvalue weighted by atomic mass is 16.5. The summed E-state index contributed by atoms with van der Waals surface area (Å²) in [7, 11) is 3.23. The van der Waals surface area contributed by atoms with Crippen LogP contribution in [0.4, 0.5) is 5.69 Å². The highest BCUT2D eigenvalue weighted by molar-refractivity contribution is 5.65. The van der Waals surface area contributed by atoms with Gasteiger partial charge in [-0.15, -0.1) is 0 Å². The Kier molecular flexibility index (Phi) is 3.37. The molecule has 0 aliphatic rings. The molecule has 1 aromatic heterocycles. The van der Waals surface area contributed by atoms with Crippen LogP contribution < -0.4 is 15.2 Å². The molecule has 94 valence electrons.